The van der Waals surface area contributed by atoms with Crippen molar-refractivity contribution in [2.24, 2.45) is 0 Å². The summed E-state index contributed by atoms with van der Waals surface area (Å²) in [4.78, 5) is 30.4. The Hall–Kier alpha value is -3.80. The van der Waals surface area contributed by atoms with E-state index in [1.165, 1.54) is 12.1 Å². The fourth-order valence-corrected chi connectivity index (χ4v) is 3.11. The van der Waals surface area contributed by atoms with Crippen molar-refractivity contribution in [2.75, 3.05) is 5.43 Å². The molecule has 4 aromatic rings. The van der Waals surface area contributed by atoms with Gasteiger partial charge < -0.3 is 0 Å². The number of para-hydroxylation sites is 1. The van der Waals surface area contributed by atoms with E-state index in [9.17, 15) is 14.0 Å². The van der Waals surface area contributed by atoms with Gasteiger partial charge in [0.15, 0.2) is 5.82 Å². The molecular formula is C23H18FN3O2. The normalized spacial score (nSPS) is 10.9. The Morgan fingerprint density at radius 2 is 1.69 bits per heavy atom. The summed E-state index contributed by atoms with van der Waals surface area (Å²) < 4.78 is 15.5. The van der Waals surface area contributed by atoms with Crippen molar-refractivity contribution in [1.29, 1.82) is 0 Å². The Morgan fingerprint density at radius 3 is 2.45 bits per heavy atom. The molecule has 0 spiro atoms. The maximum atomic E-state index is 14.5. The molecule has 5 nitrogen and oxygen atoms in total. The standard InChI is InChI=1S/C23H18FN3O2/c1-14-11-12-16(13-15(14)2)22(28)26-27-21(17-7-3-5-9-19(17)24)25-20-10-6-4-8-18(20)23(27)29/h3-13H,1-2H3,(H,26,28). The lowest BCUT2D eigenvalue weighted by Crippen LogP contribution is -2.35. The van der Waals surface area contributed by atoms with Crippen LogP contribution in [0.1, 0.15) is 21.5 Å². The van der Waals surface area contributed by atoms with Crippen molar-refractivity contribution in [1.82, 2.24) is 9.66 Å². The van der Waals surface area contributed by atoms with E-state index in [0.29, 0.717) is 16.5 Å². The summed E-state index contributed by atoms with van der Waals surface area (Å²) in [5.74, 6) is -0.988. The molecule has 0 atom stereocenters. The number of nitrogens with zero attached hydrogens (tertiary/aromatic N) is 2. The molecule has 0 radical (unpaired) electrons. The Balaban J connectivity index is 1.90. The van der Waals surface area contributed by atoms with E-state index in [2.05, 4.69) is 10.4 Å². The second kappa shape index (κ2) is 7.31. The van der Waals surface area contributed by atoms with Crippen molar-refractivity contribution in [2.45, 2.75) is 13.8 Å². The lowest BCUT2D eigenvalue weighted by molar-refractivity contribution is 0.101. The average molecular weight is 387 g/mol. The maximum Gasteiger partial charge on any atom is 0.280 e. The van der Waals surface area contributed by atoms with Gasteiger partial charge in [0.2, 0.25) is 0 Å². The first-order valence-corrected chi connectivity index (χ1v) is 9.11. The average Bonchev–Trinajstić information content (AvgIpc) is 2.72. The topological polar surface area (TPSA) is 64.0 Å². The van der Waals surface area contributed by atoms with Crippen LogP contribution in [-0.4, -0.2) is 15.6 Å². The van der Waals surface area contributed by atoms with Gasteiger partial charge in [-0.3, -0.25) is 15.0 Å². The number of rotatable bonds is 3. The van der Waals surface area contributed by atoms with Crippen molar-refractivity contribution in [3.05, 3.63) is 99.6 Å². The van der Waals surface area contributed by atoms with Crippen molar-refractivity contribution >= 4 is 16.8 Å². The van der Waals surface area contributed by atoms with Gasteiger partial charge in [0, 0.05) is 5.56 Å². The number of hydrogen-bond donors (Lipinski definition) is 1. The van der Waals surface area contributed by atoms with Crippen LogP contribution in [0.4, 0.5) is 4.39 Å². The number of fused-ring (bicyclic) bond motifs is 1. The van der Waals surface area contributed by atoms with Crippen LogP contribution in [0.25, 0.3) is 22.3 Å². The highest BCUT2D eigenvalue weighted by Gasteiger charge is 2.18. The minimum Gasteiger partial charge on any atom is -0.267 e. The number of aryl methyl sites for hydroxylation is 2. The molecule has 4 rings (SSSR count). The number of amides is 1. The second-order valence-electron chi connectivity index (χ2n) is 6.81. The highest BCUT2D eigenvalue weighted by atomic mass is 19.1. The summed E-state index contributed by atoms with van der Waals surface area (Å²) in [6.07, 6.45) is 0. The maximum absolute atomic E-state index is 14.5. The number of carbonyl (C=O) groups excluding carboxylic acids is 1. The minimum absolute atomic E-state index is 0.0315. The summed E-state index contributed by atoms with van der Waals surface area (Å²) in [6.45, 7) is 3.85. The van der Waals surface area contributed by atoms with Gasteiger partial charge in [-0.25, -0.2) is 9.37 Å². The lowest BCUT2D eigenvalue weighted by atomic mass is 10.1. The quantitative estimate of drug-likeness (QED) is 0.573. The third kappa shape index (κ3) is 3.40. The smallest absolute Gasteiger partial charge is 0.267 e. The van der Waals surface area contributed by atoms with Gasteiger partial charge in [0.25, 0.3) is 11.5 Å². The Bertz CT molecular complexity index is 1310. The summed E-state index contributed by atoms with van der Waals surface area (Å²) >= 11 is 0. The molecule has 0 fully saturated rings. The van der Waals surface area contributed by atoms with Gasteiger partial charge in [0.1, 0.15) is 5.82 Å². The molecule has 0 aliphatic rings. The minimum atomic E-state index is -0.538. The predicted molar refractivity (Wildman–Crippen MR) is 111 cm³/mol. The van der Waals surface area contributed by atoms with Crippen LogP contribution in [0.3, 0.4) is 0 Å². The zero-order valence-corrected chi connectivity index (χ0v) is 15.9. The van der Waals surface area contributed by atoms with Crippen LogP contribution >= 0.6 is 0 Å². The summed E-state index contributed by atoms with van der Waals surface area (Å²) in [5, 5.41) is 0.327. The molecule has 0 saturated heterocycles. The number of nitrogens with one attached hydrogen (secondary N) is 1. The van der Waals surface area contributed by atoms with Crippen LogP contribution in [-0.2, 0) is 0 Å². The lowest BCUT2D eigenvalue weighted by Gasteiger charge is -2.15. The highest BCUT2D eigenvalue weighted by molar-refractivity contribution is 6.00. The first kappa shape index (κ1) is 18.6. The van der Waals surface area contributed by atoms with Crippen LogP contribution in [0.15, 0.2) is 71.5 Å². The molecule has 0 aliphatic heterocycles. The second-order valence-corrected chi connectivity index (χ2v) is 6.81. The molecule has 0 saturated carbocycles. The van der Waals surface area contributed by atoms with Gasteiger partial charge in [-0.2, -0.15) is 4.68 Å². The van der Waals surface area contributed by atoms with Crippen LogP contribution < -0.4 is 11.0 Å². The highest BCUT2D eigenvalue weighted by Crippen LogP contribution is 2.21. The SMILES string of the molecule is Cc1ccc(C(=O)Nn2c(-c3ccccc3F)nc3ccccc3c2=O)cc1C. The van der Waals surface area contributed by atoms with Gasteiger partial charge in [-0.05, 0) is 61.4 Å². The molecule has 1 aromatic heterocycles. The molecule has 6 heteroatoms. The zero-order chi connectivity index (χ0) is 20.5. The number of benzene rings is 3. The van der Waals surface area contributed by atoms with E-state index in [4.69, 9.17) is 0 Å². The Morgan fingerprint density at radius 1 is 0.966 bits per heavy atom. The monoisotopic (exact) mass is 387 g/mol. The molecule has 1 N–H and O–H groups in total. The van der Waals surface area contributed by atoms with Gasteiger partial charge in [-0.15, -0.1) is 0 Å². The van der Waals surface area contributed by atoms with Crippen LogP contribution in [0.5, 0.6) is 0 Å². The molecule has 3 aromatic carbocycles. The summed E-state index contributed by atoms with van der Waals surface area (Å²) in [5.41, 5.74) is 5.06. The number of halogens is 1. The van der Waals surface area contributed by atoms with Gasteiger partial charge >= 0.3 is 0 Å². The van der Waals surface area contributed by atoms with Crippen LogP contribution in [0.2, 0.25) is 0 Å². The molecule has 0 unspecified atom stereocenters. The van der Waals surface area contributed by atoms with Gasteiger partial charge in [-0.1, -0.05) is 30.3 Å². The zero-order valence-electron chi connectivity index (χ0n) is 15.9. The van der Waals surface area contributed by atoms with E-state index in [0.717, 1.165) is 15.8 Å². The summed E-state index contributed by atoms with van der Waals surface area (Å²) in [6, 6.07) is 18.0. The Labute approximate surface area is 166 Å². The Kier molecular flexibility index (Phi) is 4.68. The first-order valence-electron chi connectivity index (χ1n) is 9.11. The van der Waals surface area contributed by atoms with Crippen molar-refractivity contribution < 1.29 is 9.18 Å². The van der Waals surface area contributed by atoms with E-state index in [1.54, 1.807) is 48.5 Å². The number of hydrogen-bond acceptors (Lipinski definition) is 3. The molecule has 144 valence electrons. The molecule has 1 amide bonds. The van der Waals surface area contributed by atoms with E-state index >= 15 is 0 Å². The first-order chi connectivity index (χ1) is 14.0. The fourth-order valence-electron chi connectivity index (χ4n) is 3.11. The van der Waals surface area contributed by atoms with Crippen molar-refractivity contribution in [3.8, 4) is 11.4 Å². The van der Waals surface area contributed by atoms with Crippen LogP contribution in [0, 0.1) is 19.7 Å². The largest absolute Gasteiger partial charge is 0.280 e. The van der Waals surface area contributed by atoms with E-state index in [1.807, 2.05) is 19.9 Å². The van der Waals surface area contributed by atoms with E-state index < -0.39 is 17.3 Å². The molecular weight excluding hydrogens is 369 g/mol. The third-order valence-corrected chi connectivity index (χ3v) is 4.87. The van der Waals surface area contributed by atoms with E-state index in [-0.39, 0.29) is 11.4 Å². The number of aromatic nitrogens is 2. The third-order valence-electron chi connectivity index (χ3n) is 4.87. The van der Waals surface area contributed by atoms with Gasteiger partial charge in [0.05, 0.1) is 16.5 Å². The summed E-state index contributed by atoms with van der Waals surface area (Å²) in [7, 11) is 0. The molecule has 0 bridgehead atoms. The molecule has 0 aliphatic carbocycles. The molecule has 1 heterocycles. The fraction of sp³-hybridized carbons (Fsp3) is 0.0870. The van der Waals surface area contributed by atoms with Crippen molar-refractivity contribution in [3.63, 3.8) is 0 Å². The number of carbonyl (C=O) groups is 1. The molecule has 29 heavy (non-hydrogen) atoms. The predicted octanol–water partition coefficient (Wildman–Crippen LogP) is 4.20.